The van der Waals surface area contributed by atoms with E-state index in [9.17, 15) is 4.79 Å². The maximum absolute atomic E-state index is 11.8. The van der Waals surface area contributed by atoms with Crippen molar-refractivity contribution in [2.24, 2.45) is 0 Å². The molecule has 2 aromatic rings. The van der Waals surface area contributed by atoms with Gasteiger partial charge in [0.1, 0.15) is 23.3 Å². The Morgan fingerprint density at radius 3 is 3.19 bits per heavy atom. The maximum Gasteiger partial charge on any atom is 0.256 e. The van der Waals surface area contributed by atoms with Gasteiger partial charge in [-0.15, -0.1) is 0 Å². The summed E-state index contributed by atoms with van der Waals surface area (Å²) in [6, 6.07) is 3.53. The van der Waals surface area contributed by atoms with Gasteiger partial charge in [-0.25, -0.2) is 4.98 Å². The third kappa shape index (κ3) is 1.18. The molecule has 3 heterocycles. The summed E-state index contributed by atoms with van der Waals surface area (Å²) in [6.07, 6.45) is 0.685. The molecule has 82 valence electrons. The van der Waals surface area contributed by atoms with Gasteiger partial charge in [0, 0.05) is 6.42 Å². The molecule has 5 heteroatoms. The first-order valence-corrected chi connectivity index (χ1v) is 5.13. The van der Waals surface area contributed by atoms with Crippen molar-refractivity contribution in [3.63, 3.8) is 0 Å². The zero-order valence-electron chi connectivity index (χ0n) is 8.78. The fraction of sp³-hybridized carbons (Fsp3) is 0.273. The van der Waals surface area contributed by atoms with Crippen LogP contribution in [0.25, 0.3) is 11.0 Å². The van der Waals surface area contributed by atoms with E-state index in [1.54, 1.807) is 6.07 Å². The van der Waals surface area contributed by atoms with E-state index in [0.717, 1.165) is 5.39 Å². The number of hydrogen-bond acceptors (Lipinski definition) is 4. The molecule has 5 nitrogen and oxygen atoms in total. The van der Waals surface area contributed by atoms with Crippen LogP contribution in [-0.4, -0.2) is 16.1 Å². The van der Waals surface area contributed by atoms with Crippen LogP contribution in [0.5, 0.6) is 5.75 Å². The predicted molar refractivity (Wildman–Crippen MR) is 60.6 cm³/mol. The van der Waals surface area contributed by atoms with E-state index in [4.69, 9.17) is 10.5 Å². The molecule has 0 bridgehead atoms. The van der Waals surface area contributed by atoms with E-state index >= 15 is 0 Å². The molecule has 1 atom stereocenters. The smallest absolute Gasteiger partial charge is 0.256 e. The summed E-state index contributed by atoms with van der Waals surface area (Å²) >= 11 is 0. The number of nitrogen functional groups attached to an aromatic ring is 1. The van der Waals surface area contributed by atoms with Crippen molar-refractivity contribution in [3.05, 3.63) is 28.0 Å². The lowest BCUT2D eigenvalue weighted by molar-refractivity contribution is 0.257. The third-order valence-corrected chi connectivity index (χ3v) is 2.75. The van der Waals surface area contributed by atoms with Crippen LogP contribution in [0, 0.1) is 0 Å². The van der Waals surface area contributed by atoms with Crippen molar-refractivity contribution in [2.45, 2.75) is 19.4 Å². The molecule has 2 aromatic heterocycles. The highest BCUT2D eigenvalue weighted by Crippen LogP contribution is 2.32. The minimum Gasteiger partial charge on any atom is -0.489 e. The second-order valence-electron chi connectivity index (χ2n) is 4.03. The van der Waals surface area contributed by atoms with E-state index < -0.39 is 0 Å². The fourth-order valence-corrected chi connectivity index (χ4v) is 2.05. The van der Waals surface area contributed by atoms with Crippen LogP contribution < -0.4 is 16.0 Å². The van der Waals surface area contributed by atoms with Crippen LogP contribution in [0.1, 0.15) is 12.5 Å². The van der Waals surface area contributed by atoms with Crippen LogP contribution in [0.2, 0.25) is 0 Å². The Bertz CT molecular complexity index is 633. The molecule has 0 aromatic carbocycles. The minimum absolute atomic E-state index is 0.0410. The SMILES string of the molecule is CC1Cc2c(c3ccc(N)nc3[nH]c2=O)O1. The molecule has 16 heavy (non-hydrogen) atoms. The van der Waals surface area contributed by atoms with Crippen LogP contribution in [0.3, 0.4) is 0 Å². The summed E-state index contributed by atoms with van der Waals surface area (Å²) in [5.74, 6) is 1.04. The largest absolute Gasteiger partial charge is 0.489 e. The van der Waals surface area contributed by atoms with E-state index in [-0.39, 0.29) is 11.7 Å². The highest BCUT2D eigenvalue weighted by molar-refractivity contribution is 5.84. The van der Waals surface area contributed by atoms with E-state index in [2.05, 4.69) is 9.97 Å². The molecule has 3 rings (SSSR count). The average molecular weight is 217 g/mol. The molecule has 0 spiro atoms. The fourth-order valence-electron chi connectivity index (χ4n) is 2.05. The predicted octanol–water partition coefficient (Wildman–Crippen LogP) is 0.829. The third-order valence-electron chi connectivity index (χ3n) is 2.75. The lowest BCUT2D eigenvalue weighted by Crippen LogP contribution is -2.12. The number of aromatic amines is 1. The molecule has 0 saturated carbocycles. The summed E-state index contributed by atoms with van der Waals surface area (Å²) in [7, 11) is 0. The summed E-state index contributed by atoms with van der Waals surface area (Å²) < 4.78 is 5.64. The van der Waals surface area contributed by atoms with Gasteiger partial charge in [-0.1, -0.05) is 0 Å². The van der Waals surface area contributed by atoms with Crippen LogP contribution in [0.15, 0.2) is 16.9 Å². The summed E-state index contributed by atoms with van der Waals surface area (Å²) in [6.45, 7) is 1.94. The standard InChI is InChI=1S/C11H11N3O2/c1-5-4-7-9(16-5)6-2-3-8(12)13-10(6)14-11(7)15/h2-3,5H,4H2,1H3,(H3,12,13,14,15). The van der Waals surface area contributed by atoms with Gasteiger partial charge >= 0.3 is 0 Å². The average Bonchev–Trinajstić information content (AvgIpc) is 2.60. The van der Waals surface area contributed by atoms with Crippen molar-refractivity contribution in [1.82, 2.24) is 9.97 Å². The Morgan fingerprint density at radius 2 is 2.38 bits per heavy atom. The molecule has 0 fully saturated rings. The number of rotatable bonds is 0. The Hall–Kier alpha value is -2.04. The van der Waals surface area contributed by atoms with Crippen molar-refractivity contribution < 1.29 is 4.74 Å². The van der Waals surface area contributed by atoms with Gasteiger partial charge in [0.25, 0.3) is 5.56 Å². The van der Waals surface area contributed by atoms with Crippen LogP contribution >= 0.6 is 0 Å². The number of nitrogens with two attached hydrogens (primary N) is 1. The Balaban J connectivity index is 2.41. The minimum atomic E-state index is -0.134. The zero-order valence-corrected chi connectivity index (χ0v) is 8.78. The van der Waals surface area contributed by atoms with Crippen LogP contribution in [0.4, 0.5) is 5.82 Å². The van der Waals surface area contributed by atoms with E-state index in [1.165, 1.54) is 0 Å². The number of nitrogens with one attached hydrogen (secondary N) is 1. The van der Waals surface area contributed by atoms with Gasteiger partial charge in [-0.05, 0) is 19.1 Å². The summed E-state index contributed by atoms with van der Waals surface area (Å²) in [5, 5.41) is 0.813. The molecule has 3 N–H and O–H groups in total. The quantitative estimate of drug-likeness (QED) is 0.684. The van der Waals surface area contributed by atoms with Gasteiger partial charge in [0.05, 0.1) is 10.9 Å². The molecule has 0 radical (unpaired) electrons. The maximum atomic E-state index is 11.8. The number of anilines is 1. The lowest BCUT2D eigenvalue weighted by Gasteiger charge is -2.05. The number of nitrogens with zero attached hydrogens (tertiary/aromatic N) is 1. The monoisotopic (exact) mass is 217 g/mol. The van der Waals surface area contributed by atoms with Crippen molar-refractivity contribution in [1.29, 1.82) is 0 Å². The molecule has 1 aliphatic heterocycles. The van der Waals surface area contributed by atoms with Gasteiger partial charge in [0.15, 0.2) is 0 Å². The number of H-pyrrole nitrogens is 1. The van der Waals surface area contributed by atoms with Crippen molar-refractivity contribution in [3.8, 4) is 5.75 Å². The number of hydrogen-bond donors (Lipinski definition) is 2. The zero-order chi connectivity index (χ0) is 11.3. The molecule has 0 saturated heterocycles. The molecular weight excluding hydrogens is 206 g/mol. The van der Waals surface area contributed by atoms with Crippen molar-refractivity contribution >= 4 is 16.9 Å². The first-order valence-electron chi connectivity index (χ1n) is 5.13. The number of pyridine rings is 2. The number of fused-ring (bicyclic) bond motifs is 3. The lowest BCUT2D eigenvalue weighted by atomic mass is 10.1. The van der Waals surface area contributed by atoms with E-state index in [0.29, 0.717) is 29.2 Å². The Morgan fingerprint density at radius 1 is 1.56 bits per heavy atom. The molecule has 0 amide bonds. The first-order chi connectivity index (χ1) is 7.65. The molecular formula is C11H11N3O2. The highest BCUT2D eigenvalue weighted by atomic mass is 16.5. The second-order valence-corrected chi connectivity index (χ2v) is 4.03. The number of ether oxygens (including phenoxy) is 1. The summed E-state index contributed by atoms with van der Waals surface area (Å²) in [4.78, 5) is 18.6. The van der Waals surface area contributed by atoms with Gasteiger partial charge in [-0.2, -0.15) is 0 Å². The van der Waals surface area contributed by atoms with Gasteiger partial charge in [0.2, 0.25) is 0 Å². The van der Waals surface area contributed by atoms with Gasteiger partial charge in [-0.3, -0.25) is 4.79 Å². The topological polar surface area (TPSA) is 81.0 Å². The van der Waals surface area contributed by atoms with Gasteiger partial charge < -0.3 is 15.5 Å². The Labute approximate surface area is 91.3 Å². The molecule has 1 aliphatic rings. The summed E-state index contributed by atoms with van der Waals surface area (Å²) in [5.41, 5.74) is 6.62. The molecule has 0 aliphatic carbocycles. The van der Waals surface area contributed by atoms with Crippen LogP contribution in [-0.2, 0) is 6.42 Å². The normalized spacial score (nSPS) is 18.4. The molecule has 1 unspecified atom stereocenters. The number of aromatic nitrogens is 2. The highest BCUT2D eigenvalue weighted by Gasteiger charge is 2.25. The Kier molecular flexibility index (Phi) is 1.71. The van der Waals surface area contributed by atoms with E-state index in [1.807, 2.05) is 13.0 Å². The first kappa shape index (κ1) is 9.21. The van der Waals surface area contributed by atoms with Crippen molar-refractivity contribution in [2.75, 3.05) is 5.73 Å². The second kappa shape index (κ2) is 2.98.